The largest absolute Gasteiger partial charge is 0.283 e. The third-order valence-electron chi connectivity index (χ3n) is 0.444. The van der Waals surface area contributed by atoms with Gasteiger partial charge in [-0.1, -0.05) is 11.8 Å². The van der Waals surface area contributed by atoms with Crippen LogP contribution in [0.3, 0.4) is 0 Å². The van der Waals surface area contributed by atoms with Gasteiger partial charge >= 0.3 is 0 Å². The Bertz CT molecular complexity index is 182. The van der Waals surface area contributed by atoms with Gasteiger partial charge in [-0.25, -0.2) is 13.6 Å². The Morgan fingerprint density at radius 2 is 2.12 bits per heavy atom. The van der Waals surface area contributed by atoms with Crippen molar-refractivity contribution in [2.75, 3.05) is 6.26 Å². The molecule has 3 N–H and O–H groups in total. The zero-order valence-corrected chi connectivity index (χ0v) is 5.84. The van der Waals surface area contributed by atoms with E-state index >= 15 is 0 Å². The molecule has 0 rings (SSSR count). The van der Waals surface area contributed by atoms with Crippen LogP contribution in [-0.2, 0) is 10.0 Å². The number of thioether (sulfide) groups is 1. The van der Waals surface area contributed by atoms with Gasteiger partial charge in [-0.3, -0.25) is 5.41 Å². The number of primary sulfonamides is 1. The quantitative estimate of drug-likeness (QED) is 0.367. The minimum atomic E-state index is -3.71. The molecule has 0 heterocycles. The summed E-state index contributed by atoms with van der Waals surface area (Å²) in [4.78, 5) is 0. The van der Waals surface area contributed by atoms with Crippen LogP contribution < -0.4 is 5.14 Å². The summed E-state index contributed by atoms with van der Waals surface area (Å²) in [5.74, 6) is 0. The van der Waals surface area contributed by atoms with E-state index in [0.29, 0.717) is 0 Å². The molecule has 0 aromatic rings. The minimum absolute atomic E-state index is 0.502. The van der Waals surface area contributed by atoms with Crippen molar-refractivity contribution in [1.29, 1.82) is 5.41 Å². The van der Waals surface area contributed by atoms with Gasteiger partial charge in [0.25, 0.3) is 10.0 Å². The first-order valence-electron chi connectivity index (χ1n) is 1.64. The minimum Gasteiger partial charge on any atom is -0.283 e. The van der Waals surface area contributed by atoms with Crippen LogP contribution in [0.1, 0.15) is 0 Å². The molecule has 0 bridgehead atoms. The molecule has 0 fully saturated rings. The fourth-order valence-electron chi connectivity index (χ4n) is 0.116. The van der Waals surface area contributed by atoms with Gasteiger partial charge in [0.1, 0.15) is 0 Å². The Labute approximate surface area is 52.0 Å². The van der Waals surface area contributed by atoms with E-state index in [0.717, 1.165) is 11.8 Å². The molecule has 4 nitrogen and oxygen atoms in total. The van der Waals surface area contributed by atoms with Crippen LogP contribution in [0.15, 0.2) is 0 Å². The Hall–Kier alpha value is -0.0700. The highest BCUT2D eigenvalue weighted by Crippen LogP contribution is 1.98. The van der Waals surface area contributed by atoms with E-state index in [1.165, 1.54) is 6.26 Å². The van der Waals surface area contributed by atoms with Crippen molar-refractivity contribution in [1.82, 2.24) is 0 Å². The van der Waals surface area contributed by atoms with Crippen LogP contribution in [0.2, 0.25) is 0 Å². The molecule has 0 aliphatic heterocycles. The third-order valence-corrected chi connectivity index (χ3v) is 2.53. The number of nitrogens with two attached hydrogens (primary N) is 1. The molecule has 48 valence electrons. The molecule has 8 heavy (non-hydrogen) atoms. The molecule has 0 spiro atoms. The first kappa shape index (κ1) is 7.93. The molecule has 0 saturated heterocycles. The summed E-state index contributed by atoms with van der Waals surface area (Å²) in [6.07, 6.45) is 1.48. The van der Waals surface area contributed by atoms with Crippen molar-refractivity contribution >= 4 is 26.2 Å². The molecule has 0 unspecified atom stereocenters. The molecule has 0 radical (unpaired) electrons. The van der Waals surface area contributed by atoms with Crippen LogP contribution in [0, 0.1) is 5.41 Å². The standard InChI is InChI=1S/C2H6N2O2S2/c1-7-2(3)8(4,5)6/h3H,1H3,(H2,4,5,6). The second kappa shape index (κ2) is 2.47. The van der Waals surface area contributed by atoms with Gasteiger partial charge in [0.15, 0.2) is 4.38 Å². The predicted molar refractivity (Wildman–Crippen MR) is 34.3 cm³/mol. The lowest BCUT2D eigenvalue weighted by Crippen LogP contribution is -2.19. The zero-order chi connectivity index (χ0) is 6.78. The van der Waals surface area contributed by atoms with Gasteiger partial charge < -0.3 is 0 Å². The second-order valence-corrected chi connectivity index (χ2v) is 3.61. The number of rotatable bonds is 0. The average molecular weight is 154 g/mol. The normalized spacial score (nSPS) is 11.2. The van der Waals surface area contributed by atoms with Gasteiger partial charge in [0, 0.05) is 0 Å². The monoisotopic (exact) mass is 154 g/mol. The Kier molecular flexibility index (Phi) is 2.45. The van der Waals surface area contributed by atoms with E-state index in [4.69, 9.17) is 5.41 Å². The Morgan fingerprint density at radius 3 is 2.12 bits per heavy atom. The molecule has 0 atom stereocenters. The SMILES string of the molecule is CSC(=N)S(N)(=O)=O. The first-order valence-corrected chi connectivity index (χ1v) is 4.41. The van der Waals surface area contributed by atoms with Crippen molar-refractivity contribution in [3.8, 4) is 0 Å². The Balaban J connectivity index is 4.29. The molecule has 0 amide bonds. The maximum absolute atomic E-state index is 10.1. The van der Waals surface area contributed by atoms with Crippen LogP contribution in [0.25, 0.3) is 0 Å². The van der Waals surface area contributed by atoms with Crippen LogP contribution in [0.4, 0.5) is 0 Å². The molecular weight excluding hydrogens is 148 g/mol. The first-order chi connectivity index (χ1) is 3.48. The van der Waals surface area contributed by atoms with Crippen LogP contribution in [0.5, 0.6) is 0 Å². The number of nitrogens with one attached hydrogen (secondary N) is 1. The highest BCUT2D eigenvalue weighted by molar-refractivity contribution is 8.34. The molecule has 6 heteroatoms. The van der Waals surface area contributed by atoms with E-state index in [-0.39, 0.29) is 0 Å². The van der Waals surface area contributed by atoms with Crippen molar-refractivity contribution < 1.29 is 8.42 Å². The van der Waals surface area contributed by atoms with Gasteiger partial charge in [-0.2, -0.15) is 0 Å². The lowest BCUT2D eigenvalue weighted by Gasteiger charge is -1.91. The molecule has 0 aliphatic carbocycles. The second-order valence-electron chi connectivity index (χ2n) is 1.04. The molecule has 0 aromatic heterocycles. The zero-order valence-electron chi connectivity index (χ0n) is 4.21. The summed E-state index contributed by atoms with van der Waals surface area (Å²) in [6, 6.07) is 0. The highest BCUT2D eigenvalue weighted by atomic mass is 32.3. The van der Waals surface area contributed by atoms with Gasteiger partial charge in [0.05, 0.1) is 0 Å². The summed E-state index contributed by atoms with van der Waals surface area (Å²) >= 11 is 0.802. The molecular formula is C2H6N2O2S2. The van der Waals surface area contributed by atoms with E-state index in [2.05, 4.69) is 5.14 Å². The van der Waals surface area contributed by atoms with E-state index < -0.39 is 14.4 Å². The summed E-state index contributed by atoms with van der Waals surface area (Å²) in [7, 11) is -3.71. The summed E-state index contributed by atoms with van der Waals surface area (Å²) < 4.78 is 19.7. The van der Waals surface area contributed by atoms with Gasteiger partial charge in [-0.05, 0) is 6.26 Å². The van der Waals surface area contributed by atoms with E-state index in [9.17, 15) is 8.42 Å². The molecule has 0 aliphatic rings. The average Bonchev–Trinajstić information content (AvgIpc) is 1.62. The third kappa shape index (κ3) is 2.29. The lowest BCUT2D eigenvalue weighted by atomic mass is 11.7. The van der Waals surface area contributed by atoms with Gasteiger partial charge in [0.2, 0.25) is 0 Å². The number of hydrogen-bond donors (Lipinski definition) is 2. The van der Waals surface area contributed by atoms with Crippen LogP contribution >= 0.6 is 11.8 Å². The maximum atomic E-state index is 10.1. The topological polar surface area (TPSA) is 84.0 Å². The maximum Gasteiger partial charge on any atom is 0.261 e. The van der Waals surface area contributed by atoms with Crippen molar-refractivity contribution in [2.24, 2.45) is 5.14 Å². The fourth-order valence-corrected chi connectivity index (χ4v) is 1.05. The predicted octanol–water partition coefficient (Wildman–Crippen LogP) is -0.427. The Morgan fingerprint density at radius 1 is 1.75 bits per heavy atom. The lowest BCUT2D eigenvalue weighted by molar-refractivity contribution is 0.609. The fraction of sp³-hybridized carbons (Fsp3) is 0.500. The molecule has 0 aromatic carbocycles. The number of hydrogen-bond acceptors (Lipinski definition) is 4. The summed E-state index contributed by atoms with van der Waals surface area (Å²) in [5, 5.41) is 11.2. The van der Waals surface area contributed by atoms with Crippen molar-refractivity contribution in [2.45, 2.75) is 0 Å². The smallest absolute Gasteiger partial charge is 0.261 e. The number of sulfonamides is 1. The molecule has 0 saturated carbocycles. The van der Waals surface area contributed by atoms with Crippen molar-refractivity contribution in [3.05, 3.63) is 0 Å². The summed E-state index contributed by atoms with van der Waals surface area (Å²) in [5.41, 5.74) is 0. The van der Waals surface area contributed by atoms with E-state index in [1.807, 2.05) is 0 Å². The van der Waals surface area contributed by atoms with Gasteiger partial charge in [-0.15, -0.1) is 0 Å². The summed E-state index contributed by atoms with van der Waals surface area (Å²) in [6.45, 7) is 0. The van der Waals surface area contributed by atoms with E-state index in [1.54, 1.807) is 0 Å². The van der Waals surface area contributed by atoms with Crippen molar-refractivity contribution in [3.63, 3.8) is 0 Å². The van der Waals surface area contributed by atoms with Crippen LogP contribution in [-0.4, -0.2) is 19.0 Å². The highest BCUT2D eigenvalue weighted by Gasteiger charge is 2.07.